The quantitative estimate of drug-likeness (QED) is 0.629. The van der Waals surface area contributed by atoms with E-state index in [0.29, 0.717) is 0 Å². The number of nitrogens with one attached hydrogen (secondary N) is 2. The molecule has 2 heterocycles. The average molecular weight is 174 g/mol. The van der Waals surface area contributed by atoms with Gasteiger partial charge < -0.3 is 10.6 Å². The van der Waals surface area contributed by atoms with E-state index >= 15 is 0 Å². The molecule has 0 fully saturated rings. The molecule has 0 aliphatic carbocycles. The Morgan fingerprint density at radius 1 is 1.23 bits per heavy atom. The second-order valence-corrected chi connectivity index (χ2v) is 3.29. The van der Waals surface area contributed by atoms with Gasteiger partial charge in [0, 0.05) is 18.8 Å². The van der Waals surface area contributed by atoms with Crippen LogP contribution in [0.25, 0.3) is 0 Å². The molecule has 2 rings (SSSR count). The van der Waals surface area contributed by atoms with Crippen LogP contribution in [-0.2, 0) is 0 Å². The van der Waals surface area contributed by atoms with Crippen LogP contribution < -0.4 is 10.6 Å². The van der Waals surface area contributed by atoms with Crippen LogP contribution in [0.4, 0.5) is 0 Å². The third-order valence-corrected chi connectivity index (χ3v) is 2.22. The predicted octanol–water partition coefficient (Wildman–Crippen LogP) is 1.46. The molecule has 0 aromatic heterocycles. The van der Waals surface area contributed by atoms with Crippen molar-refractivity contribution < 1.29 is 0 Å². The third-order valence-electron chi connectivity index (χ3n) is 2.22. The highest BCUT2D eigenvalue weighted by Gasteiger charge is 2.06. The third kappa shape index (κ3) is 1.83. The molecule has 0 saturated carbocycles. The summed E-state index contributed by atoms with van der Waals surface area (Å²) in [5.41, 5.74) is 3.85. The van der Waals surface area contributed by atoms with Crippen molar-refractivity contribution in [3.63, 3.8) is 0 Å². The Hall–Kier alpha value is -1.44. The highest BCUT2D eigenvalue weighted by atomic mass is 14.9. The Labute approximate surface area is 78.7 Å². The van der Waals surface area contributed by atoms with E-state index in [0.717, 1.165) is 13.1 Å². The molecule has 13 heavy (non-hydrogen) atoms. The normalized spacial score (nSPS) is 20.8. The van der Waals surface area contributed by atoms with E-state index in [9.17, 15) is 0 Å². The van der Waals surface area contributed by atoms with E-state index in [1.807, 2.05) is 6.20 Å². The van der Waals surface area contributed by atoms with E-state index in [1.165, 1.54) is 16.8 Å². The fraction of sp³-hybridized carbons (Fsp3) is 0.273. The minimum absolute atomic E-state index is 0.924. The minimum atomic E-state index is 0.924. The summed E-state index contributed by atoms with van der Waals surface area (Å²) in [5, 5.41) is 6.50. The van der Waals surface area contributed by atoms with Crippen molar-refractivity contribution in [2.75, 3.05) is 13.1 Å². The van der Waals surface area contributed by atoms with E-state index < -0.39 is 0 Å². The van der Waals surface area contributed by atoms with Crippen molar-refractivity contribution in [1.82, 2.24) is 10.6 Å². The molecule has 2 aliphatic heterocycles. The van der Waals surface area contributed by atoms with Gasteiger partial charge in [0.05, 0.1) is 0 Å². The van der Waals surface area contributed by atoms with Crippen molar-refractivity contribution in [1.29, 1.82) is 0 Å². The van der Waals surface area contributed by atoms with Gasteiger partial charge in [-0.05, 0) is 30.8 Å². The highest BCUT2D eigenvalue weighted by molar-refractivity contribution is 5.45. The van der Waals surface area contributed by atoms with Crippen LogP contribution in [0.3, 0.4) is 0 Å². The SMILES string of the molecule is CC1=CCNC(C2=CCNC=C2)=C1. The van der Waals surface area contributed by atoms with Gasteiger partial charge in [0.25, 0.3) is 0 Å². The summed E-state index contributed by atoms with van der Waals surface area (Å²) < 4.78 is 0. The number of dihydropyridines is 2. The van der Waals surface area contributed by atoms with Gasteiger partial charge >= 0.3 is 0 Å². The molecular weight excluding hydrogens is 160 g/mol. The van der Waals surface area contributed by atoms with Crippen molar-refractivity contribution in [2.45, 2.75) is 6.92 Å². The maximum absolute atomic E-state index is 3.36. The second kappa shape index (κ2) is 3.52. The van der Waals surface area contributed by atoms with Crippen LogP contribution >= 0.6 is 0 Å². The maximum Gasteiger partial charge on any atom is 0.0416 e. The van der Waals surface area contributed by atoms with Gasteiger partial charge in [0.15, 0.2) is 0 Å². The van der Waals surface area contributed by atoms with Crippen LogP contribution in [0.5, 0.6) is 0 Å². The molecule has 68 valence electrons. The highest BCUT2D eigenvalue weighted by Crippen LogP contribution is 2.15. The zero-order valence-corrected chi connectivity index (χ0v) is 7.80. The molecule has 0 atom stereocenters. The topological polar surface area (TPSA) is 24.1 Å². The summed E-state index contributed by atoms with van der Waals surface area (Å²) in [5.74, 6) is 0. The number of hydrogen-bond donors (Lipinski definition) is 2. The Morgan fingerprint density at radius 3 is 2.85 bits per heavy atom. The first kappa shape index (κ1) is 8.17. The fourth-order valence-corrected chi connectivity index (χ4v) is 1.50. The molecule has 2 aliphatic rings. The number of hydrogen-bond acceptors (Lipinski definition) is 2. The summed E-state index contributed by atoms with van der Waals surface area (Å²) in [4.78, 5) is 0. The van der Waals surface area contributed by atoms with Crippen LogP contribution in [0, 0.1) is 0 Å². The fourth-order valence-electron chi connectivity index (χ4n) is 1.50. The minimum Gasteiger partial charge on any atom is -0.387 e. The Balaban J connectivity index is 2.21. The molecule has 2 nitrogen and oxygen atoms in total. The molecule has 0 unspecified atom stereocenters. The smallest absolute Gasteiger partial charge is 0.0416 e. The molecule has 0 aromatic carbocycles. The first-order valence-electron chi connectivity index (χ1n) is 4.59. The van der Waals surface area contributed by atoms with Crippen LogP contribution in [0.2, 0.25) is 0 Å². The van der Waals surface area contributed by atoms with Crippen molar-refractivity contribution >= 4 is 0 Å². The molecule has 0 radical (unpaired) electrons. The van der Waals surface area contributed by atoms with Gasteiger partial charge in [0.2, 0.25) is 0 Å². The van der Waals surface area contributed by atoms with Crippen molar-refractivity contribution in [2.24, 2.45) is 0 Å². The Morgan fingerprint density at radius 2 is 2.15 bits per heavy atom. The molecule has 0 spiro atoms. The monoisotopic (exact) mass is 174 g/mol. The second-order valence-electron chi connectivity index (χ2n) is 3.29. The van der Waals surface area contributed by atoms with Crippen molar-refractivity contribution in [3.05, 3.63) is 47.3 Å². The zero-order valence-electron chi connectivity index (χ0n) is 7.80. The van der Waals surface area contributed by atoms with Gasteiger partial charge in [-0.15, -0.1) is 0 Å². The van der Waals surface area contributed by atoms with E-state index in [1.54, 1.807) is 0 Å². The average Bonchev–Trinajstić information content (AvgIpc) is 2.19. The van der Waals surface area contributed by atoms with Gasteiger partial charge in [-0.25, -0.2) is 0 Å². The van der Waals surface area contributed by atoms with E-state index in [-0.39, 0.29) is 0 Å². The summed E-state index contributed by atoms with van der Waals surface area (Å²) >= 11 is 0. The Kier molecular flexibility index (Phi) is 2.21. The zero-order chi connectivity index (χ0) is 9.10. The summed E-state index contributed by atoms with van der Waals surface area (Å²) in [6.07, 6.45) is 10.7. The lowest BCUT2D eigenvalue weighted by molar-refractivity contribution is 0.879. The van der Waals surface area contributed by atoms with Gasteiger partial charge in [-0.3, -0.25) is 0 Å². The summed E-state index contributed by atoms with van der Waals surface area (Å²) in [6, 6.07) is 0. The first-order valence-corrected chi connectivity index (χ1v) is 4.59. The molecule has 0 saturated heterocycles. The number of rotatable bonds is 1. The van der Waals surface area contributed by atoms with Crippen LogP contribution in [0.15, 0.2) is 47.3 Å². The first-order chi connectivity index (χ1) is 6.36. The molecule has 0 aromatic rings. The molecule has 2 N–H and O–H groups in total. The van der Waals surface area contributed by atoms with E-state index in [4.69, 9.17) is 0 Å². The molecule has 0 bridgehead atoms. The van der Waals surface area contributed by atoms with Gasteiger partial charge in [-0.1, -0.05) is 17.7 Å². The molecular formula is C11H14N2. The largest absolute Gasteiger partial charge is 0.387 e. The molecule has 0 amide bonds. The van der Waals surface area contributed by atoms with Crippen LogP contribution in [0.1, 0.15) is 6.92 Å². The lowest BCUT2D eigenvalue weighted by Crippen LogP contribution is -2.20. The summed E-state index contributed by atoms with van der Waals surface area (Å²) in [6.45, 7) is 4.00. The standard InChI is InChI=1S/C11H14N2/c1-9-2-7-13-11(8-9)10-3-5-12-6-4-10/h2-5,8,12-13H,6-7H2,1H3. The Bertz CT molecular complexity index is 319. The lowest BCUT2D eigenvalue weighted by atomic mass is 10.1. The van der Waals surface area contributed by atoms with Gasteiger partial charge in [0.1, 0.15) is 0 Å². The lowest BCUT2D eigenvalue weighted by Gasteiger charge is -2.17. The van der Waals surface area contributed by atoms with Gasteiger partial charge in [-0.2, -0.15) is 0 Å². The summed E-state index contributed by atoms with van der Waals surface area (Å²) in [7, 11) is 0. The maximum atomic E-state index is 3.36. The van der Waals surface area contributed by atoms with Crippen molar-refractivity contribution in [3.8, 4) is 0 Å². The van der Waals surface area contributed by atoms with E-state index in [2.05, 4.69) is 41.9 Å². The van der Waals surface area contributed by atoms with Crippen LogP contribution in [-0.4, -0.2) is 13.1 Å². The molecule has 2 heteroatoms. The number of allylic oxidation sites excluding steroid dienone is 3. The predicted molar refractivity (Wildman–Crippen MR) is 55.1 cm³/mol.